The minimum atomic E-state index is -0.743. The summed E-state index contributed by atoms with van der Waals surface area (Å²) in [5.74, 6) is -2.08. The molecule has 0 aliphatic heterocycles. The normalized spacial score (nSPS) is 10.2. The Morgan fingerprint density at radius 2 is 1.63 bits per heavy atom. The average molecular weight is 382 g/mol. The maximum absolute atomic E-state index is 12.2. The van der Waals surface area contributed by atoms with E-state index in [9.17, 15) is 19.2 Å². The van der Waals surface area contributed by atoms with Gasteiger partial charge in [0.25, 0.3) is 5.91 Å². The molecule has 0 bridgehead atoms. The summed E-state index contributed by atoms with van der Waals surface area (Å²) < 4.78 is 14.7. The fraction of sp³-hybridized carbons (Fsp3) is 0.556. The number of aryl methyl sites for hydroxylation is 1. The fourth-order valence-electron chi connectivity index (χ4n) is 2.41. The minimum Gasteiger partial charge on any atom is -0.466 e. The van der Waals surface area contributed by atoms with Crippen LogP contribution in [0.2, 0.25) is 0 Å². The maximum atomic E-state index is 12.2. The molecule has 0 unspecified atom stereocenters. The molecule has 9 heteroatoms. The number of ether oxygens (including phenoxy) is 3. The van der Waals surface area contributed by atoms with Crippen molar-refractivity contribution in [2.75, 3.05) is 26.4 Å². The molecule has 2 N–H and O–H groups in total. The molecule has 27 heavy (non-hydrogen) atoms. The highest BCUT2D eigenvalue weighted by Gasteiger charge is 2.24. The van der Waals surface area contributed by atoms with E-state index in [1.54, 1.807) is 27.7 Å². The molecule has 0 fully saturated rings. The van der Waals surface area contributed by atoms with Gasteiger partial charge in [-0.25, -0.2) is 9.59 Å². The third kappa shape index (κ3) is 6.76. The molecule has 9 nitrogen and oxygen atoms in total. The zero-order chi connectivity index (χ0) is 20.4. The van der Waals surface area contributed by atoms with E-state index in [1.807, 2.05) is 0 Å². The van der Waals surface area contributed by atoms with Gasteiger partial charge >= 0.3 is 17.9 Å². The maximum Gasteiger partial charge on any atom is 0.355 e. The number of carbonyl (C=O) groups is 4. The molecule has 0 spiro atoms. The summed E-state index contributed by atoms with van der Waals surface area (Å²) in [5, 5.41) is 2.54. The van der Waals surface area contributed by atoms with E-state index in [0.717, 1.165) is 0 Å². The molecule has 1 amide bonds. The van der Waals surface area contributed by atoms with Gasteiger partial charge in [-0.15, -0.1) is 0 Å². The number of esters is 3. The van der Waals surface area contributed by atoms with Gasteiger partial charge in [0.1, 0.15) is 5.69 Å². The number of carbonyl (C=O) groups excluding carboxylic acids is 4. The van der Waals surface area contributed by atoms with Gasteiger partial charge in [0.15, 0.2) is 6.61 Å². The number of amides is 1. The first-order valence-electron chi connectivity index (χ1n) is 8.77. The second-order valence-electron chi connectivity index (χ2n) is 5.68. The van der Waals surface area contributed by atoms with E-state index in [-0.39, 0.29) is 36.8 Å². The Labute approximate surface area is 157 Å². The van der Waals surface area contributed by atoms with Crippen LogP contribution in [0.15, 0.2) is 0 Å². The van der Waals surface area contributed by atoms with Crippen molar-refractivity contribution in [2.24, 2.45) is 0 Å². The molecule has 1 aromatic heterocycles. The molecule has 0 aromatic carbocycles. The molecule has 0 atom stereocenters. The van der Waals surface area contributed by atoms with Crippen molar-refractivity contribution in [2.45, 2.75) is 40.5 Å². The lowest BCUT2D eigenvalue weighted by molar-refractivity contribution is -0.143. The quantitative estimate of drug-likeness (QED) is 0.356. The highest BCUT2D eigenvalue weighted by molar-refractivity contribution is 5.99. The molecule has 150 valence electrons. The second-order valence-corrected chi connectivity index (χ2v) is 5.68. The van der Waals surface area contributed by atoms with Gasteiger partial charge in [-0.05, 0) is 39.7 Å². The average Bonchev–Trinajstić information content (AvgIpc) is 2.91. The molecule has 0 saturated heterocycles. The first-order chi connectivity index (χ1) is 12.8. The molecule has 0 saturated carbocycles. The second kappa shape index (κ2) is 11.0. The van der Waals surface area contributed by atoms with E-state index in [2.05, 4.69) is 10.3 Å². The zero-order valence-electron chi connectivity index (χ0n) is 16.1. The number of rotatable bonds is 10. The van der Waals surface area contributed by atoms with Crippen LogP contribution < -0.4 is 5.32 Å². The highest BCUT2D eigenvalue weighted by atomic mass is 16.5. The molecule has 1 rings (SSSR count). The number of hydrogen-bond donors (Lipinski definition) is 2. The fourth-order valence-corrected chi connectivity index (χ4v) is 2.41. The van der Waals surface area contributed by atoms with Gasteiger partial charge in [0.05, 0.1) is 18.8 Å². The van der Waals surface area contributed by atoms with Crippen LogP contribution in [0.4, 0.5) is 0 Å². The molecule has 0 aliphatic rings. The Hall–Kier alpha value is -2.84. The summed E-state index contributed by atoms with van der Waals surface area (Å²) in [6, 6.07) is 0. The van der Waals surface area contributed by atoms with Crippen molar-refractivity contribution in [1.82, 2.24) is 10.3 Å². The Bertz CT molecular complexity index is 694. The van der Waals surface area contributed by atoms with E-state index < -0.39 is 24.5 Å². The summed E-state index contributed by atoms with van der Waals surface area (Å²) >= 11 is 0. The van der Waals surface area contributed by atoms with E-state index in [4.69, 9.17) is 14.2 Å². The lowest BCUT2D eigenvalue weighted by atomic mass is 10.1. The first-order valence-corrected chi connectivity index (χ1v) is 8.77. The Balaban J connectivity index is 2.48. The topological polar surface area (TPSA) is 124 Å². The van der Waals surface area contributed by atoms with E-state index in [1.165, 1.54) is 0 Å². The van der Waals surface area contributed by atoms with Crippen LogP contribution in [0.3, 0.4) is 0 Å². The molecule has 0 aliphatic carbocycles. The molecule has 1 aromatic rings. The predicted molar refractivity (Wildman–Crippen MR) is 95.4 cm³/mol. The van der Waals surface area contributed by atoms with Crippen molar-refractivity contribution in [3.8, 4) is 0 Å². The first kappa shape index (κ1) is 22.2. The van der Waals surface area contributed by atoms with Crippen LogP contribution in [0.5, 0.6) is 0 Å². The van der Waals surface area contributed by atoms with Crippen LogP contribution in [0, 0.1) is 13.8 Å². The Kier molecular flexibility index (Phi) is 9.04. The minimum absolute atomic E-state index is 0.102. The van der Waals surface area contributed by atoms with Crippen molar-refractivity contribution < 1.29 is 33.4 Å². The largest absolute Gasteiger partial charge is 0.466 e. The molecular formula is C18H26N2O7. The van der Waals surface area contributed by atoms with Gasteiger partial charge < -0.3 is 24.5 Å². The number of hydrogen-bond acceptors (Lipinski definition) is 7. The summed E-state index contributed by atoms with van der Waals surface area (Å²) in [7, 11) is 0. The van der Waals surface area contributed by atoms with Crippen LogP contribution in [-0.2, 0) is 23.8 Å². The van der Waals surface area contributed by atoms with E-state index >= 15 is 0 Å². The predicted octanol–water partition coefficient (Wildman–Crippen LogP) is 1.42. The lowest BCUT2D eigenvalue weighted by Gasteiger charge is -2.07. The van der Waals surface area contributed by atoms with Crippen LogP contribution >= 0.6 is 0 Å². The zero-order valence-corrected chi connectivity index (χ0v) is 16.1. The summed E-state index contributed by atoms with van der Waals surface area (Å²) in [6.45, 7) is 6.99. The SMILES string of the molecule is CCOC(=O)CCCNC(=O)COC(=O)c1[nH]c(C)c(C(=O)OCC)c1C. The summed E-state index contributed by atoms with van der Waals surface area (Å²) in [6.07, 6.45) is 0.627. The molecule has 1 heterocycles. The monoisotopic (exact) mass is 382 g/mol. The van der Waals surface area contributed by atoms with Crippen molar-refractivity contribution >= 4 is 23.8 Å². The third-order valence-electron chi connectivity index (χ3n) is 3.64. The van der Waals surface area contributed by atoms with Gasteiger partial charge in [-0.3, -0.25) is 9.59 Å². The number of aromatic nitrogens is 1. The van der Waals surface area contributed by atoms with E-state index in [0.29, 0.717) is 24.3 Å². The number of nitrogens with one attached hydrogen (secondary N) is 2. The van der Waals surface area contributed by atoms with Gasteiger partial charge in [-0.1, -0.05) is 0 Å². The van der Waals surface area contributed by atoms with Crippen LogP contribution in [0.25, 0.3) is 0 Å². The van der Waals surface area contributed by atoms with Crippen molar-refractivity contribution in [1.29, 1.82) is 0 Å². The lowest BCUT2D eigenvalue weighted by Crippen LogP contribution is -2.30. The summed E-state index contributed by atoms with van der Waals surface area (Å²) in [5.41, 5.74) is 1.28. The van der Waals surface area contributed by atoms with Crippen molar-refractivity contribution in [3.05, 3.63) is 22.5 Å². The third-order valence-corrected chi connectivity index (χ3v) is 3.64. The summed E-state index contributed by atoms with van der Waals surface area (Å²) in [4.78, 5) is 49.8. The van der Waals surface area contributed by atoms with Crippen molar-refractivity contribution in [3.63, 3.8) is 0 Å². The Morgan fingerprint density at radius 3 is 2.26 bits per heavy atom. The molecular weight excluding hydrogens is 356 g/mol. The Morgan fingerprint density at radius 1 is 0.963 bits per heavy atom. The van der Waals surface area contributed by atoms with Gasteiger partial charge in [0.2, 0.25) is 0 Å². The van der Waals surface area contributed by atoms with Gasteiger partial charge in [-0.2, -0.15) is 0 Å². The standard InChI is InChI=1S/C18H26N2O7/c1-5-25-14(22)8-7-9-19-13(21)10-27-18(24)16-11(3)15(12(4)20-16)17(23)26-6-2/h20H,5-10H2,1-4H3,(H,19,21). The number of aromatic amines is 1. The smallest absolute Gasteiger partial charge is 0.355 e. The van der Waals surface area contributed by atoms with Crippen LogP contribution in [0.1, 0.15) is 58.8 Å². The highest BCUT2D eigenvalue weighted by Crippen LogP contribution is 2.19. The van der Waals surface area contributed by atoms with Gasteiger partial charge in [0, 0.05) is 18.7 Å². The van der Waals surface area contributed by atoms with Crippen LogP contribution in [-0.4, -0.2) is 55.2 Å². The molecule has 0 radical (unpaired) electrons. The number of H-pyrrole nitrogens is 1.